The normalized spacial score (nSPS) is 31.8. The van der Waals surface area contributed by atoms with Gasteiger partial charge in [-0.15, -0.1) is 0 Å². The summed E-state index contributed by atoms with van der Waals surface area (Å²) >= 11 is 3.41. The van der Waals surface area contributed by atoms with Crippen LogP contribution in [0.4, 0.5) is 0 Å². The Bertz CT molecular complexity index is 403. The molecule has 1 heterocycles. The fraction of sp³-hybridized carbons (Fsp3) is 0.667. The molecule has 2 N–H and O–H groups in total. The third-order valence-electron chi connectivity index (χ3n) is 4.75. The summed E-state index contributed by atoms with van der Waals surface area (Å²) in [6.45, 7) is 0. The summed E-state index contributed by atoms with van der Waals surface area (Å²) < 4.78 is 1.04. The van der Waals surface area contributed by atoms with Crippen LogP contribution in [0.15, 0.2) is 22.8 Å². The molecule has 0 radical (unpaired) electrons. The maximum atomic E-state index is 6.30. The zero-order valence-corrected chi connectivity index (χ0v) is 12.3. The number of pyridine rings is 1. The van der Waals surface area contributed by atoms with Crippen LogP contribution in [0.5, 0.6) is 0 Å². The van der Waals surface area contributed by atoms with E-state index in [2.05, 4.69) is 27.0 Å². The predicted molar refractivity (Wildman–Crippen MR) is 77.2 cm³/mol. The van der Waals surface area contributed by atoms with Crippen molar-refractivity contribution in [2.45, 2.75) is 44.6 Å². The molecule has 2 nitrogen and oxygen atoms in total. The van der Waals surface area contributed by atoms with Crippen LogP contribution in [-0.4, -0.2) is 11.0 Å². The number of nitrogens with two attached hydrogens (primary N) is 1. The first-order chi connectivity index (χ1) is 8.70. The summed E-state index contributed by atoms with van der Waals surface area (Å²) in [6, 6.07) is 4.40. The van der Waals surface area contributed by atoms with E-state index in [-0.39, 0.29) is 6.04 Å². The minimum absolute atomic E-state index is 0.281. The van der Waals surface area contributed by atoms with Gasteiger partial charge in [-0.25, -0.2) is 0 Å². The molecule has 0 saturated heterocycles. The van der Waals surface area contributed by atoms with Crippen LogP contribution in [0.25, 0.3) is 0 Å². The summed E-state index contributed by atoms with van der Waals surface area (Å²) in [5.74, 6) is 2.91. The van der Waals surface area contributed by atoms with E-state index in [9.17, 15) is 0 Å². The highest BCUT2D eigenvalue weighted by molar-refractivity contribution is 9.10. The maximum Gasteiger partial charge on any atom is 0.0419 e. The van der Waals surface area contributed by atoms with Crippen molar-refractivity contribution in [3.8, 4) is 0 Å². The molecule has 4 unspecified atom stereocenters. The van der Waals surface area contributed by atoms with Gasteiger partial charge in [0.15, 0.2) is 0 Å². The first-order valence-corrected chi connectivity index (χ1v) is 7.86. The van der Waals surface area contributed by atoms with E-state index in [4.69, 9.17) is 5.73 Å². The molecule has 2 bridgehead atoms. The topological polar surface area (TPSA) is 38.9 Å². The Hall–Kier alpha value is -0.410. The highest BCUT2D eigenvalue weighted by Gasteiger charge is 2.39. The lowest BCUT2D eigenvalue weighted by molar-refractivity contribution is 0.293. The Balaban J connectivity index is 1.52. The average Bonchev–Trinajstić information content (AvgIpc) is 2.94. The number of nitrogens with zero attached hydrogens (tertiary/aromatic N) is 1. The Labute approximate surface area is 117 Å². The molecule has 2 saturated carbocycles. The van der Waals surface area contributed by atoms with Crippen molar-refractivity contribution in [3.05, 3.63) is 28.5 Å². The third kappa shape index (κ3) is 2.77. The molecule has 98 valence electrons. The predicted octanol–water partition coefficient (Wildman–Crippen LogP) is 3.54. The number of rotatable bonds is 4. The third-order valence-corrected chi connectivity index (χ3v) is 5.22. The summed E-state index contributed by atoms with van der Waals surface area (Å²) in [5, 5.41) is 0. The van der Waals surface area contributed by atoms with Crippen molar-refractivity contribution >= 4 is 15.9 Å². The molecular formula is C15H21BrN2. The van der Waals surface area contributed by atoms with Crippen LogP contribution in [-0.2, 0) is 6.42 Å². The molecule has 3 rings (SSSR count). The van der Waals surface area contributed by atoms with Crippen LogP contribution < -0.4 is 5.73 Å². The van der Waals surface area contributed by atoms with Crippen LogP contribution in [0, 0.1) is 17.8 Å². The van der Waals surface area contributed by atoms with Gasteiger partial charge in [0.25, 0.3) is 0 Å². The van der Waals surface area contributed by atoms with E-state index >= 15 is 0 Å². The summed E-state index contributed by atoms with van der Waals surface area (Å²) in [5.41, 5.74) is 7.42. The Kier molecular flexibility index (Phi) is 3.71. The van der Waals surface area contributed by atoms with E-state index in [0.29, 0.717) is 0 Å². The van der Waals surface area contributed by atoms with Gasteiger partial charge in [0.1, 0.15) is 0 Å². The summed E-state index contributed by atoms with van der Waals surface area (Å²) in [4.78, 5) is 4.41. The molecular weight excluding hydrogens is 288 g/mol. The van der Waals surface area contributed by atoms with Crippen molar-refractivity contribution < 1.29 is 0 Å². The molecule has 18 heavy (non-hydrogen) atoms. The Morgan fingerprint density at radius 1 is 1.33 bits per heavy atom. The molecule has 0 spiro atoms. The van der Waals surface area contributed by atoms with Crippen LogP contribution >= 0.6 is 15.9 Å². The second-order valence-corrected chi connectivity index (χ2v) is 7.02. The molecule has 4 atom stereocenters. The molecule has 2 aliphatic rings. The molecule has 0 aliphatic heterocycles. The highest BCUT2D eigenvalue weighted by atomic mass is 79.9. The van der Waals surface area contributed by atoms with Crippen molar-refractivity contribution in [1.29, 1.82) is 0 Å². The van der Waals surface area contributed by atoms with E-state index in [1.165, 1.54) is 32.1 Å². The summed E-state index contributed by atoms with van der Waals surface area (Å²) in [6.07, 6.45) is 9.82. The average molecular weight is 309 g/mol. The van der Waals surface area contributed by atoms with E-state index < -0.39 is 0 Å². The lowest BCUT2D eigenvalue weighted by Gasteiger charge is -2.24. The molecule has 2 fully saturated rings. The monoisotopic (exact) mass is 308 g/mol. The van der Waals surface area contributed by atoms with Gasteiger partial charge in [-0.1, -0.05) is 6.42 Å². The van der Waals surface area contributed by atoms with Crippen molar-refractivity contribution in [2.24, 2.45) is 23.5 Å². The van der Waals surface area contributed by atoms with Crippen molar-refractivity contribution in [1.82, 2.24) is 4.98 Å². The zero-order chi connectivity index (χ0) is 12.5. The lowest BCUT2D eigenvalue weighted by atomic mass is 9.83. The Morgan fingerprint density at radius 3 is 2.83 bits per heavy atom. The lowest BCUT2D eigenvalue weighted by Crippen LogP contribution is -2.28. The van der Waals surface area contributed by atoms with Gasteiger partial charge in [-0.3, -0.25) is 4.98 Å². The highest BCUT2D eigenvalue weighted by Crippen LogP contribution is 2.49. The molecule has 0 amide bonds. The second kappa shape index (κ2) is 5.30. The standard InChI is InChI=1S/C15H21BrN2/c16-13-3-4-15(18-9-13)8-14(17)7-12-6-10-1-2-11(12)5-10/h3-4,9-12,14H,1-2,5-8,17H2. The smallest absolute Gasteiger partial charge is 0.0419 e. The van der Waals surface area contributed by atoms with Gasteiger partial charge in [0.05, 0.1) is 0 Å². The SMILES string of the molecule is NC(Cc1ccc(Br)cn1)CC1CC2CCC1C2. The molecule has 0 aromatic carbocycles. The van der Waals surface area contributed by atoms with E-state index in [1.54, 1.807) is 0 Å². The maximum absolute atomic E-state index is 6.30. The minimum atomic E-state index is 0.281. The van der Waals surface area contributed by atoms with Gasteiger partial charge < -0.3 is 5.73 Å². The number of hydrogen-bond acceptors (Lipinski definition) is 2. The fourth-order valence-electron chi connectivity index (χ4n) is 3.93. The van der Waals surface area contributed by atoms with E-state index in [1.807, 2.05) is 12.3 Å². The zero-order valence-electron chi connectivity index (χ0n) is 10.7. The fourth-order valence-corrected chi connectivity index (χ4v) is 4.17. The van der Waals surface area contributed by atoms with Gasteiger partial charge in [0, 0.05) is 28.8 Å². The minimum Gasteiger partial charge on any atom is -0.327 e. The largest absolute Gasteiger partial charge is 0.327 e. The van der Waals surface area contributed by atoms with Gasteiger partial charge in [0.2, 0.25) is 0 Å². The van der Waals surface area contributed by atoms with Crippen molar-refractivity contribution in [3.63, 3.8) is 0 Å². The number of aromatic nitrogens is 1. The van der Waals surface area contributed by atoms with Crippen molar-refractivity contribution in [2.75, 3.05) is 0 Å². The van der Waals surface area contributed by atoms with Crippen LogP contribution in [0.1, 0.15) is 37.8 Å². The molecule has 3 heteroatoms. The number of hydrogen-bond donors (Lipinski definition) is 1. The van der Waals surface area contributed by atoms with Gasteiger partial charge in [-0.2, -0.15) is 0 Å². The molecule has 1 aromatic heterocycles. The Morgan fingerprint density at radius 2 is 2.22 bits per heavy atom. The summed E-state index contributed by atoms with van der Waals surface area (Å²) in [7, 11) is 0. The van der Waals surface area contributed by atoms with Crippen LogP contribution in [0.3, 0.4) is 0 Å². The second-order valence-electron chi connectivity index (χ2n) is 6.10. The molecule has 2 aliphatic carbocycles. The number of halogens is 1. The molecule has 1 aromatic rings. The van der Waals surface area contributed by atoms with Gasteiger partial charge in [-0.05, 0) is 71.5 Å². The van der Waals surface area contributed by atoms with Crippen LogP contribution in [0.2, 0.25) is 0 Å². The first kappa shape index (κ1) is 12.6. The first-order valence-electron chi connectivity index (χ1n) is 7.06. The van der Waals surface area contributed by atoms with Gasteiger partial charge >= 0.3 is 0 Å². The quantitative estimate of drug-likeness (QED) is 0.924. The van der Waals surface area contributed by atoms with E-state index in [0.717, 1.165) is 34.3 Å². The number of fused-ring (bicyclic) bond motifs is 2.